The van der Waals surface area contributed by atoms with Gasteiger partial charge in [-0.2, -0.15) is 0 Å². The van der Waals surface area contributed by atoms with Crippen molar-refractivity contribution in [2.75, 3.05) is 0 Å². The van der Waals surface area contributed by atoms with E-state index in [4.69, 9.17) is 4.42 Å². The average Bonchev–Trinajstić information content (AvgIpc) is 2.98. The second kappa shape index (κ2) is 5.02. The van der Waals surface area contributed by atoms with Gasteiger partial charge in [0.25, 0.3) is 5.89 Å². The van der Waals surface area contributed by atoms with Crippen LogP contribution in [0.5, 0.6) is 0 Å². The van der Waals surface area contributed by atoms with Crippen molar-refractivity contribution in [2.24, 2.45) is 0 Å². The van der Waals surface area contributed by atoms with Crippen LogP contribution in [0, 0.1) is 0 Å². The summed E-state index contributed by atoms with van der Waals surface area (Å²) in [7, 11) is 0. The molecule has 0 saturated heterocycles. The van der Waals surface area contributed by atoms with E-state index in [0.717, 1.165) is 12.0 Å². The van der Waals surface area contributed by atoms with Crippen molar-refractivity contribution in [1.82, 2.24) is 15.2 Å². The summed E-state index contributed by atoms with van der Waals surface area (Å²) < 4.78 is 5.67. The molecule has 0 aliphatic rings. The molecule has 0 amide bonds. The first-order valence-electron chi connectivity index (χ1n) is 6.21. The number of aromatic nitrogens is 3. The maximum absolute atomic E-state index is 5.67. The van der Waals surface area contributed by atoms with Crippen LogP contribution in [0.3, 0.4) is 0 Å². The van der Waals surface area contributed by atoms with Gasteiger partial charge in [0, 0.05) is 11.8 Å². The van der Waals surface area contributed by atoms with Gasteiger partial charge in [-0.1, -0.05) is 25.1 Å². The summed E-state index contributed by atoms with van der Waals surface area (Å²) in [6, 6.07) is 13.7. The normalized spacial score (nSPS) is 10.6. The van der Waals surface area contributed by atoms with Gasteiger partial charge in [-0.15, -0.1) is 10.2 Å². The third-order valence-corrected chi connectivity index (χ3v) is 2.89. The highest BCUT2D eigenvalue weighted by Gasteiger charge is 2.11. The van der Waals surface area contributed by atoms with Crippen molar-refractivity contribution in [1.29, 1.82) is 0 Å². The van der Waals surface area contributed by atoms with Gasteiger partial charge in [0.05, 0.1) is 0 Å². The molecule has 2 heterocycles. The largest absolute Gasteiger partial charge is 0.415 e. The molecule has 3 rings (SSSR count). The van der Waals surface area contributed by atoms with E-state index < -0.39 is 0 Å². The van der Waals surface area contributed by atoms with Crippen molar-refractivity contribution in [2.45, 2.75) is 13.3 Å². The number of rotatable bonds is 3. The Morgan fingerprint density at radius 1 is 1.00 bits per heavy atom. The van der Waals surface area contributed by atoms with Gasteiger partial charge in [-0.3, -0.25) is 4.98 Å². The van der Waals surface area contributed by atoms with Gasteiger partial charge < -0.3 is 4.42 Å². The number of benzene rings is 1. The Balaban J connectivity index is 1.97. The SMILES string of the molecule is CCc1cccc(-c2nnc(-c3ccccn3)o2)c1. The summed E-state index contributed by atoms with van der Waals surface area (Å²) in [5, 5.41) is 8.12. The highest BCUT2D eigenvalue weighted by Crippen LogP contribution is 2.23. The summed E-state index contributed by atoms with van der Waals surface area (Å²) in [5.74, 6) is 0.966. The third kappa shape index (κ3) is 2.38. The van der Waals surface area contributed by atoms with E-state index >= 15 is 0 Å². The first-order valence-corrected chi connectivity index (χ1v) is 6.21. The Hall–Kier alpha value is -2.49. The fraction of sp³-hybridized carbons (Fsp3) is 0.133. The maximum Gasteiger partial charge on any atom is 0.266 e. The monoisotopic (exact) mass is 251 g/mol. The van der Waals surface area contributed by atoms with Crippen LogP contribution in [0.4, 0.5) is 0 Å². The Morgan fingerprint density at radius 2 is 1.89 bits per heavy atom. The maximum atomic E-state index is 5.67. The molecule has 0 aliphatic carbocycles. The van der Waals surface area contributed by atoms with Gasteiger partial charge in [0.1, 0.15) is 5.69 Å². The average molecular weight is 251 g/mol. The fourth-order valence-electron chi connectivity index (χ4n) is 1.86. The first-order chi connectivity index (χ1) is 9.36. The summed E-state index contributed by atoms with van der Waals surface area (Å²) in [4.78, 5) is 4.19. The lowest BCUT2D eigenvalue weighted by Gasteiger charge is -1.98. The number of hydrogen-bond donors (Lipinski definition) is 0. The number of nitrogens with zero attached hydrogens (tertiary/aromatic N) is 3. The molecule has 2 aromatic heterocycles. The zero-order valence-corrected chi connectivity index (χ0v) is 10.6. The summed E-state index contributed by atoms with van der Waals surface area (Å²) in [6.07, 6.45) is 2.69. The van der Waals surface area contributed by atoms with E-state index in [2.05, 4.69) is 34.2 Å². The van der Waals surface area contributed by atoms with Crippen LogP contribution < -0.4 is 0 Å². The first kappa shape index (κ1) is 11.6. The molecule has 0 unspecified atom stereocenters. The minimum absolute atomic E-state index is 0.442. The molecule has 0 radical (unpaired) electrons. The minimum Gasteiger partial charge on any atom is -0.415 e. The summed E-state index contributed by atoms with van der Waals surface area (Å²) >= 11 is 0. The van der Waals surface area contributed by atoms with Crippen LogP contribution >= 0.6 is 0 Å². The summed E-state index contributed by atoms with van der Waals surface area (Å²) in [5.41, 5.74) is 2.87. The molecule has 0 bridgehead atoms. The van der Waals surface area contributed by atoms with Gasteiger partial charge >= 0.3 is 0 Å². The number of pyridine rings is 1. The van der Waals surface area contributed by atoms with Crippen LogP contribution in [0.2, 0.25) is 0 Å². The van der Waals surface area contributed by atoms with Gasteiger partial charge in [-0.05, 0) is 36.2 Å². The zero-order valence-electron chi connectivity index (χ0n) is 10.6. The molecule has 94 valence electrons. The molecule has 0 N–H and O–H groups in total. The molecule has 19 heavy (non-hydrogen) atoms. The molecule has 0 fully saturated rings. The highest BCUT2D eigenvalue weighted by molar-refractivity contribution is 5.56. The molecule has 3 aromatic rings. The van der Waals surface area contributed by atoms with Gasteiger partial charge in [0.15, 0.2) is 0 Å². The van der Waals surface area contributed by atoms with E-state index in [1.54, 1.807) is 6.20 Å². The molecule has 0 aliphatic heterocycles. The molecule has 0 saturated carbocycles. The Morgan fingerprint density at radius 3 is 2.68 bits per heavy atom. The lowest BCUT2D eigenvalue weighted by atomic mass is 10.1. The van der Waals surface area contributed by atoms with E-state index in [1.807, 2.05) is 30.3 Å². The van der Waals surface area contributed by atoms with Crippen LogP contribution in [0.25, 0.3) is 23.0 Å². The standard InChI is InChI=1S/C15H13N3O/c1-2-11-6-5-7-12(10-11)14-17-18-15(19-14)13-8-3-4-9-16-13/h3-10H,2H2,1H3. The van der Waals surface area contributed by atoms with E-state index in [-0.39, 0.29) is 0 Å². The Kier molecular flexibility index (Phi) is 3.06. The zero-order chi connectivity index (χ0) is 13.1. The smallest absolute Gasteiger partial charge is 0.266 e. The molecule has 4 heteroatoms. The second-order valence-electron chi connectivity index (χ2n) is 4.18. The van der Waals surface area contributed by atoms with E-state index in [0.29, 0.717) is 17.5 Å². The van der Waals surface area contributed by atoms with Crippen LogP contribution in [-0.4, -0.2) is 15.2 Å². The Labute approximate surface area is 111 Å². The quantitative estimate of drug-likeness (QED) is 0.716. The van der Waals surface area contributed by atoms with Gasteiger partial charge in [-0.25, -0.2) is 0 Å². The topological polar surface area (TPSA) is 51.8 Å². The van der Waals surface area contributed by atoms with Gasteiger partial charge in [0.2, 0.25) is 5.89 Å². The lowest BCUT2D eigenvalue weighted by molar-refractivity contribution is 0.582. The highest BCUT2D eigenvalue weighted by atomic mass is 16.4. The fourth-order valence-corrected chi connectivity index (χ4v) is 1.86. The number of hydrogen-bond acceptors (Lipinski definition) is 4. The van der Waals surface area contributed by atoms with Crippen molar-refractivity contribution >= 4 is 0 Å². The molecule has 4 nitrogen and oxygen atoms in total. The summed E-state index contributed by atoms with van der Waals surface area (Å²) in [6.45, 7) is 2.12. The molecule has 0 atom stereocenters. The molecule has 0 spiro atoms. The van der Waals surface area contributed by atoms with Crippen molar-refractivity contribution in [3.63, 3.8) is 0 Å². The van der Waals surface area contributed by atoms with Crippen LogP contribution in [-0.2, 0) is 6.42 Å². The second-order valence-corrected chi connectivity index (χ2v) is 4.18. The van der Waals surface area contributed by atoms with E-state index in [9.17, 15) is 0 Å². The molecular formula is C15H13N3O. The van der Waals surface area contributed by atoms with E-state index in [1.165, 1.54) is 5.56 Å². The minimum atomic E-state index is 0.442. The number of aryl methyl sites for hydroxylation is 1. The molecular weight excluding hydrogens is 238 g/mol. The molecule has 1 aromatic carbocycles. The van der Waals surface area contributed by atoms with Crippen molar-refractivity contribution < 1.29 is 4.42 Å². The third-order valence-electron chi connectivity index (χ3n) is 2.89. The lowest BCUT2D eigenvalue weighted by Crippen LogP contribution is -1.82. The van der Waals surface area contributed by atoms with Crippen LogP contribution in [0.1, 0.15) is 12.5 Å². The predicted octanol–water partition coefficient (Wildman–Crippen LogP) is 3.36. The predicted molar refractivity (Wildman–Crippen MR) is 72.3 cm³/mol. The van der Waals surface area contributed by atoms with Crippen molar-refractivity contribution in [3.8, 4) is 23.0 Å². The van der Waals surface area contributed by atoms with Crippen molar-refractivity contribution in [3.05, 3.63) is 54.2 Å². The Bertz CT molecular complexity index is 677. The van der Waals surface area contributed by atoms with Crippen LogP contribution in [0.15, 0.2) is 53.1 Å².